The Kier molecular flexibility index (Phi) is 25.0. The van der Waals surface area contributed by atoms with Gasteiger partial charge >= 0.3 is 35.8 Å². The molecule has 0 spiro atoms. The summed E-state index contributed by atoms with van der Waals surface area (Å²) in [5, 5.41) is 0. The van der Waals surface area contributed by atoms with Gasteiger partial charge in [0, 0.05) is 21.1 Å². The Balaban J connectivity index is -0.000000141. The number of hydrogen-bond donors (Lipinski definition) is 0. The molecule has 0 aliphatic rings. The fraction of sp³-hybridized carbons (Fsp3) is 0.125. The Labute approximate surface area is 104 Å². The van der Waals surface area contributed by atoms with E-state index in [9.17, 15) is 0 Å². The average Bonchev–Trinajstić information content (AvgIpc) is 2.62. The molecule has 0 aromatic heterocycles. The molecule has 0 saturated heterocycles. The van der Waals surface area contributed by atoms with E-state index in [-0.39, 0.29) is 21.1 Å². The van der Waals surface area contributed by atoms with E-state index in [1.165, 1.54) is 14.1 Å². The Hall–Kier alpha value is -0.513. The topological polar surface area (TPSA) is 73.5 Å². The molecule has 0 aliphatic carbocycles. The molecule has 0 bridgehead atoms. The molecular formula is C8H7NO3W2-2. The predicted molar refractivity (Wildman–Crippen MR) is 44.9 cm³/mol. The van der Waals surface area contributed by atoms with E-state index in [0.29, 0.717) is 0 Å². The number of nitroso groups, excluding NO2 is 1. The summed E-state index contributed by atoms with van der Waals surface area (Å²) in [5.41, 5.74) is 7.09. The van der Waals surface area contributed by atoms with Gasteiger partial charge in [0.15, 0.2) is 0 Å². The van der Waals surface area contributed by atoms with Gasteiger partial charge < -0.3 is 10.5 Å². The van der Waals surface area contributed by atoms with Crippen molar-refractivity contribution in [3.63, 3.8) is 0 Å². The first kappa shape index (κ1) is 19.1. The van der Waals surface area contributed by atoms with Gasteiger partial charge in [0.25, 0.3) is 0 Å². The predicted octanol–water partition coefficient (Wildman–Crippen LogP) is 1.24. The minimum Gasteiger partial charge on any atom is -0.577 e. The van der Waals surface area contributed by atoms with Gasteiger partial charge in [-0.15, -0.1) is 0 Å². The summed E-state index contributed by atoms with van der Waals surface area (Å²) in [7, 11) is 0. The number of nitrogens with zero attached hydrogens (tertiary/aromatic N) is 1. The first-order valence-corrected chi connectivity index (χ1v) is 6.01. The molecule has 0 amide bonds. The molecule has 0 heterocycles. The maximum atomic E-state index is 9.09. The molecule has 14 heavy (non-hydrogen) atoms. The SMILES string of the molecule is C[c-]1cccc1.O=[C]=[W]=[C]=O.[N-]=O.[W]. The molecule has 0 atom stereocenters. The monoisotopic (exact) mass is 533 g/mol. The van der Waals surface area contributed by atoms with Gasteiger partial charge in [-0.3, -0.25) is 0 Å². The van der Waals surface area contributed by atoms with E-state index in [1.807, 2.05) is 12.1 Å². The molecule has 1 aromatic rings. The van der Waals surface area contributed by atoms with Crippen LogP contribution in [0.1, 0.15) is 5.56 Å². The van der Waals surface area contributed by atoms with Crippen molar-refractivity contribution in [3.8, 4) is 0 Å². The maximum absolute atomic E-state index is 9.09. The van der Waals surface area contributed by atoms with Crippen LogP contribution in [-0.4, -0.2) is 8.53 Å². The molecule has 6 heteroatoms. The van der Waals surface area contributed by atoms with Crippen molar-refractivity contribution in [1.82, 2.24) is 0 Å². The maximum Gasteiger partial charge on any atom is 0 e. The van der Waals surface area contributed by atoms with Crippen LogP contribution in [0.5, 0.6) is 0 Å². The van der Waals surface area contributed by atoms with Gasteiger partial charge in [-0.25, -0.2) is 12.1 Å². The van der Waals surface area contributed by atoms with Gasteiger partial charge in [-0.05, 0) is 0 Å². The standard InChI is InChI=1S/C6H7.2CO.NO.2W/c1-6-4-2-3-5-6;3*1-2;;/h2-5H,1H3;;;;;/q-1;;;-1;;. The van der Waals surface area contributed by atoms with Crippen LogP contribution in [0.3, 0.4) is 0 Å². The van der Waals surface area contributed by atoms with Crippen LogP contribution < -0.4 is 0 Å². The van der Waals surface area contributed by atoms with Crippen molar-refractivity contribution in [2.75, 3.05) is 0 Å². The molecule has 4 nitrogen and oxygen atoms in total. The minimum atomic E-state index is -1.37. The first-order valence-electron chi connectivity index (χ1n) is 3.08. The van der Waals surface area contributed by atoms with E-state index in [2.05, 4.69) is 19.1 Å². The van der Waals surface area contributed by atoms with E-state index in [4.69, 9.17) is 20.1 Å². The molecule has 1 aromatic carbocycles. The largest absolute Gasteiger partial charge is 0.577 e. The quantitative estimate of drug-likeness (QED) is 0.472. The van der Waals surface area contributed by atoms with Crippen molar-refractivity contribution >= 4 is 8.53 Å². The van der Waals surface area contributed by atoms with E-state index >= 15 is 0 Å². The summed E-state index contributed by atoms with van der Waals surface area (Å²) in [6.07, 6.45) is 0. The third kappa shape index (κ3) is 17.5. The van der Waals surface area contributed by atoms with Gasteiger partial charge in [0.05, 0.1) is 0 Å². The van der Waals surface area contributed by atoms with Crippen molar-refractivity contribution in [2.45, 2.75) is 6.92 Å². The third-order valence-corrected chi connectivity index (χ3v) is 1.51. The van der Waals surface area contributed by atoms with Crippen LogP contribution in [0, 0.1) is 11.8 Å². The molecule has 0 fully saturated rings. The summed E-state index contributed by atoms with van der Waals surface area (Å²) in [6.45, 7) is 2.08. The summed E-state index contributed by atoms with van der Waals surface area (Å²) in [5.74, 6) is 0. The molecule has 0 N–H and O–H groups in total. The van der Waals surface area contributed by atoms with Crippen LogP contribution in [0.25, 0.3) is 5.59 Å². The van der Waals surface area contributed by atoms with Gasteiger partial charge in [-0.1, -0.05) is 6.92 Å². The van der Waals surface area contributed by atoms with Crippen molar-refractivity contribution in [3.05, 3.63) is 40.3 Å². The van der Waals surface area contributed by atoms with Crippen LogP contribution in [0.15, 0.2) is 24.3 Å². The third-order valence-electron chi connectivity index (χ3n) is 0.913. The zero-order valence-corrected chi connectivity index (χ0v) is 13.2. The minimum absolute atomic E-state index is 0. The second kappa shape index (κ2) is 18.3. The number of hydrogen-bond acceptors (Lipinski definition) is 3. The molecule has 76 valence electrons. The van der Waals surface area contributed by atoms with Gasteiger partial charge in [0.2, 0.25) is 0 Å². The van der Waals surface area contributed by atoms with E-state index in [1.54, 1.807) is 0 Å². The van der Waals surface area contributed by atoms with Gasteiger partial charge in [-0.2, -0.15) is 17.7 Å². The van der Waals surface area contributed by atoms with Crippen molar-refractivity contribution in [1.29, 1.82) is 0 Å². The second-order valence-corrected chi connectivity index (χ2v) is 3.66. The Morgan fingerprint density at radius 2 is 1.50 bits per heavy atom. The number of carbonyl (C=O) groups excluding carboxylic acids is 2. The zero-order valence-electron chi connectivity index (χ0n) is 7.30. The molecule has 0 aliphatic heterocycles. The first-order chi connectivity index (χ1) is 6.31. The fourth-order valence-corrected chi connectivity index (χ4v) is 0.609. The fourth-order valence-electron chi connectivity index (χ4n) is 0.487. The summed E-state index contributed by atoms with van der Waals surface area (Å²) >= 11 is -1.37. The summed E-state index contributed by atoms with van der Waals surface area (Å²) in [6, 6.07) is 8.24. The summed E-state index contributed by atoms with van der Waals surface area (Å²) in [4.78, 5) is 25.4. The molecule has 0 unspecified atom stereocenters. The van der Waals surface area contributed by atoms with E-state index < -0.39 is 17.6 Å². The molecule has 0 saturated carbocycles. The molecule has 0 radical (unpaired) electrons. The second-order valence-electron chi connectivity index (χ2n) is 1.73. The summed E-state index contributed by atoms with van der Waals surface area (Å²) < 4.78 is 3.02. The van der Waals surface area contributed by atoms with E-state index in [0.717, 1.165) is 0 Å². The molecular weight excluding hydrogens is 526 g/mol. The number of rotatable bonds is 0. The smallest absolute Gasteiger partial charge is 0 e. The van der Waals surface area contributed by atoms with Crippen LogP contribution in [0.2, 0.25) is 0 Å². The van der Waals surface area contributed by atoms with Crippen molar-refractivity contribution in [2.24, 2.45) is 0 Å². The molecule has 1 rings (SSSR count). The van der Waals surface area contributed by atoms with Crippen molar-refractivity contribution < 1.29 is 48.3 Å². The normalized spacial score (nSPS) is 5.50. The average molecular weight is 533 g/mol. The zero-order chi connectivity index (χ0) is 10.5. The Morgan fingerprint density at radius 1 is 1.14 bits per heavy atom. The van der Waals surface area contributed by atoms with Crippen LogP contribution in [0.4, 0.5) is 0 Å². The van der Waals surface area contributed by atoms with Crippen LogP contribution >= 0.6 is 0 Å². The van der Waals surface area contributed by atoms with Gasteiger partial charge in [0.1, 0.15) is 0 Å². The van der Waals surface area contributed by atoms with Crippen LogP contribution in [-0.2, 0) is 48.3 Å². The number of aryl methyl sites for hydroxylation is 1. The Morgan fingerprint density at radius 3 is 1.57 bits per heavy atom. The Bertz CT molecular complexity index is 295.